The number of thiazole rings is 1. The number of hydrogen-bond acceptors (Lipinski definition) is 5. The molecule has 0 aliphatic carbocycles. The van der Waals surface area contributed by atoms with Crippen LogP contribution in [0.15, 0.2) is 5.38 Å². The summed E-state index contributed by atoms with van der Waals surface area (Å²) in [6, 6.07) is 0. The molecule has 0 bridgehead atoms. The van der Waals surface area contributed by atoms with Gasteiger partial charge in [0.15, 0.2) is 5.13 Å². The van der Waals surface area contributed by atoms with Crippen LogP contribution in [0.2, 0.25) is 0 Å². The van der Waals surface area contributed by atoms with Crippen LogP contribution in [0.25, 0.3) is 0 Å². The third-order valence-electron chi connectivity index (χ3n) is 2.59. The molecule has 2 heterocycles. The van der Waals surface area contributed by atoms with Gasteiger partial charge in [0.25, 0.3) is 0 Å². The Morgan fingerprint density at radius 1 is 1.56 bits per heavy atom. The van der Waals surface area contributed by atoms with Crippen LogP contribution in [0, 0.1) is 0 Å². The lowest BCUT2D eigenvalue weighted by Crippen LogP contribution is -2.43. The molecule has 1 saturated heterocycles. The average Bonchev–Trinajstić information content (AvgIpc) is 2.65. The van der Waals surface area contributed by atoms with Crippen LogP contribution in [-0.2, 0) is 6.54 Å². The van der Waals surface area contributed by atoms with Gasteiger partial charge in [0, 0.05) is 35.5 Å². The van der Waals surface area contributed by atoms with Crippen molar-refractivity contribution >= 4 is 28.2 Å². The summed E-state index contributed by atoms with van der Waals surface area (Å²) in [5.41, 5.74) is 1.15. The monoisotopic (exact) mass is 257 g/mol. The first-order valence-corrected chi connectivity index (χ1v) is 7.45. The van der Waals surface area contributed by atoms with Gasteiger partial charge in [-0.1, -0.05) is 0 Å². The maximum absolute atomic E-state index is 4.66. The summed E-state index contributed by atoms with van der Waals surface area (Å²) in [6.07, 6.45) is 0. The Morgan fingerprint density at radius 2 is 2.38 bits per heavy atom. The minimum Gasteiger partial charge on any atom is -0.346 e. The third kappa shape index (κ3) is 2.90. The normalized spacial score (nSPS) is 20.1. The summed E-state index contributed by atoms with van der Waals surface area (Å²) in [7, 11) is 1.96. The molecular formula is C11H19N3S2. The Balaban J connectivity index is 2.05. The number of nitrogens with zero attached hydrogens (tertiary/aromatic N) is 2. The van der Waals surface area contributed by atoms with Gasteiger partial charge in [-0.05, 0) is 20.9 Å². The first-order chi connectivity index (χ1) is 7.61. The van der Waals surface area contributed by atoms with Crippen molar-refractivity contribution in [1.29, 1.82) is 0 Å². The predicted octanol–water partition coefficient (Wildman–Crippen LogP) is 2.19. The Bertz CT molecular complexity index is 349. The van der Waals surface area contributed by atoms with Crippen LogP contribution < -0.4 is 10.2 Å². The van der Waals surface area contributed by atoms with E-state index in [1.165, 1.54) is 10.9 Å². The smallest absolute Gasteiger partial charge is 0.185 e. The van der Waals surface area contributed by atoms with E-state index in [1.54, 1.807) is 11.3 Å². The van der Waals surface area contributed by atoms with Crippen LogP contribution in [0.1, 0.15) is 19.5 Å². The highest BCUT2D eigenvalue weighted by atomic mass is 32.2. The van der Waals surface area contributed by atoms with Gasteiger partial charge in [0.1, 0.15) is 0 Å². The lowest BCUT2D eigenvalue weighted by molar-refractivity contribution is 0.645. The molecule has 3 nitrogen and oxygen atoms in total. The molecule has 1 aromatic heterocycles. The van der Waals surface area contributed by atoms with Gasteiger partial charge < -0.3 is 10.2 Å². The van der Waals surface area contributed by atoms with Gasteiger partial charge in [0.2, 0.25) is 0 Å². The highest BCUT2D eigenvalue weighted by molar-refractivity contribution is 8.00. The van der Waals surface area contributed by atoms with Crippen molar-refractivity contribution in [2.45, 2.75) is 25.1 Å². The molecule has 0 amide bonds. The minimum atomic E-state index is 0.354. The molecule has 0 atom stereocenters. The standard InChI is InChI=1S/C11H19N3S2/c1-11(2)8-14(4-5-16-11)10-13-9(6-12-3)7-15-10/h7,12H,4-6,8H2,1-3H3. The van der Waals surface area contributed by atoms with Crippen LogP contribution in [0.4, 0.5) is 5.13 Å². The number of nitrogens with one attached hydrogen (secondary N) is 1. The minimum absolute atomic E-state index is 0.354. The molecule has 90 valence electrons. The molecule has 0 spiro atoms. The Hall–Kier alpha value is -0.260. The Labute approximate surface area is 106 Å². The first kappa shape index (κ1) is 12.2. The zero-order valence-corrected chi connectivity index (χ0v) is 11.7. The maximum atomic E-state index is 4.66. The van der Waals surface area contributed by atoms with E-state index in [2.05, 4.69) is 46.2 Å². The molecule has 1 N–H and O–H groups in total. The maximum Gasteiger partial charge on any atom is 0.185 e. The molecule has 1 aromatic rings. The van der Waals surface area contributed by atoms with E-state index in [1.807, 2.05) is 7.05 Å². The topological polar surface area (TPSA) is 28.2 Å². The molecule has 1 aliphatic heterocycles. The molecule has 0 saturated carbocycles. The first-order valence-electron chi connectivity index (χ1n) is 5.59. The molecule has 16 heavy (non-hydrogen) atoms. The van der Waals surface area contributed by atoms with Gasteiger partial charge in [0.05, 0.1) is 5.69 Å². The molecule has 0 unspecified atom stereocenters. The number of anilines is 1. The summed E-state index contributed by atoms with van der Waals surface area (Å²) >= 11 is 3.82. The van der Waals surface area contributed by atoms with Crippen LogP contribution in [0.5, 0.6) is 0 Å². The molecule has 1 aliphatic rings. The second-order valence-corrected chi connectivity index (χ2v) is 7.32. The highest BCUT2D eigenvalue weighted by Crippen LogP contribution is 2.33. The van der Waals surface area contributed by atoms with Crippen molar-refractivity contribution in [3.05, 3.63) is 11.1 Å². The predicted molar refractivity (Wildman–Crippen MR) is 73.6 cm³/mol. The van der Waals surface area contributed by atoms with Gasteiger partial charge in [-0.15, -0.1) is 11.3 Å². The van der Waals surface area contributed by atoms with E-state index in [0.29, 0.717) is 4.75 Å². The second kappa shape index (κ2) is 4.94. The molecule has 1 fully saturated rings. The zero-order chi connectivity index (χ0) is 11.6. The summed E-state index contributed by atoms with van der Waals surface area (Å²) < 4.78 is 0.354. The van der Waals surface area contributed by atoms with E-state index >= 15 is 0 Å². The van der Waals surface area contributed by atoms with E-state index in [4.69, 9.17) is 0 Å². The summed E-state index contributed by atoms with van der Waals surface area (Å²) in [4.78, 5) is 7.08. The average molecular weight is 257 g/mol. The van der Waals surface area contributed by atoms with Gasteiger partial charge in [-0.3, -0.25) is 0 Å². The van der Waals surface area contributed by atoms with Crippen molar-refractivity contribution in [2.24, 2.45) is 0 Å². The fourth-order valence-electron chi connectivity index (χ4n) is 1.88. The van der Waals surface area contributed by atoms with Crippen molar-refractivity contribution in [3.63, 3.8) is 0 Å². The highest BCUT2D eigenvalue weighted by Gasteiger charge is 2.28. The largest absolute Gasteiger partial charge is 0.346 e. The van der Waals surface area contributed by atoms with Crippen LogP contribution in [-0.4, -0.2) is 35.6 Å². The van der Waals surface area contributed by atoms with Gasteiger partial charge in [-0.25, -0.2) is 4.98 Å². The van der Waals surface area contributed by atoms with E-state index < -0.39 is 0 Å². The SMILES string of the molecule is CNCc1csc(N2CCSC(C)(C)C2)n1. The van der Waals surface area contributed by atoms with Crippen molar-refractivity contribution in [1.82, 2.24) is 10.3 Å². The van der Waals surface area contributed by atoms with E-state index in [0.717, 1.165) is 25.3 Å². The number of aromatic nitrogens is 1. The van der Waals surface area contributed by atoms with Gasteiger partial charge in [-0.2, -0.15) is 11.8 Å². The summed E-state index contributed by atoms with van der Waals surface area (Å²) in [5.74, 6) is 1.20. The van der Waals surface area contributed by atoms with E-state index in [9.17, 15) is 0 Å². The van der Waals surface area contributed by atoms with E-state index in [-0.39, 0.29) is 0 Å². The van der Waals surface area contributed by atoms with Crippen LogP contribution in [0.3, 0.4) is 0 Å². The summed E-state index contributed by atoms with van der Waals surface area (Å²) in [6.45, 7) is 7.71. The lowest BCUT2D eigenvalue weighted by atomic mass is 10.2. The molecule has 0 aromatic carbocycles. The molecule has 0 radical (unpaired) electrons. The van der Waals surface area contributed by atoms with Crippen LogP contribution >= 0.6 is 23.1 Å². The fourth-order valence-corrected chi connectivity index (χ4v) is 3.85. The fraction of sp³-hybridized carbons (Fsp3) is 0.727. The zero-order valence-electron chi connectivity index (χ0n) is 10.1. The van der Waals surface area contributed by atoms with Crippen molar-refractivity contribution < 1.29 is 0 Å². The molecule has 5 heteroatoms. The quantitative estimate of drug-likeness (QED) is 0.898. The van der Waals surface area contributed by atoms with Gasteiger partial charge >= 0.3 is 0 Å². The molecule has 2 rings (SSSR count). The number of rotatable bonds is 3. The number of thioether (sulfide) groups is 1. The van der Waals surface area contributed by atoms with Crippen molar-refractivity contribution in [3.8, 4) is 0 Å². The lowest BCUT2D eigenvalue weighted by Gasteiger charge is -2.37. The number of hydrogen-bond donors (Lipinski definition) is 1. The Morgan fingerprint density at radius 3 is 3.06 bits per heavy atom. The Kier molecular flexibility index (Phi) is 3.77. The summed E-state index contributed by atoms with van der Waals surface area (Å²) in [5, 5.41) is 6.47. The second-order valence-electron chi connectivity index (χ2n) is 4.68. The van der Waals surface area contributed by atoms with Crippen molar-refractivity contribution in [2.75, 3.05) is 30.8 Å². The third-order valence-corrected chi connectivity index (χ3v) is 4.84. The molecular weight excluding hydrogens is 238 g/mol.